The van der Waals surface area contributed by atoms with Crippen LogP contribution in [0.2, 0.25) is 0 Å². The number of hydrogen-bond donors (Lipinski definition) is 1. The molecule has 1 N–H and O–H groups in total. The van der Waals surface area contributed by atoms with E-state index in [1.165, 1.54) is 5.56 Å². The van der Waals surface area contributed by atoms with Crippen LogP contribution in [0, 0.1) is 5.92 Å². The fraction of sp³-hybridized carbons (Fsp3) is 0.533. The quantitative estimate of drug-likeness (QED) is 0.783. The summed E-state index contributed by atoms with van der Waals surface area (Å²) in [5.41, 5.74) is 2.08. The van der Waals surface area contributed by atoms with Crippen LogP contribution in [0.3, 0.4) is 0 Å². The predicted molar refractivity (Wildman–Crippen MR) is 78.6 cm³/mol. The number of hydrogen-bond acceptors (Lipinski definition) is 3. The summed E-state index contributed by atoms with van der Waals surface area (Å²) in [6.45, 7) is 4.53. The van der Waals surface area contributed by atoms with Gasteiger partial charge in [-0.3, -0.25) is 9.69 Å². The van der Waals surface area contributed by atoms with E-state index in [0.29, 0.717) is 11.8 Å². The number of piperazine rings is 1. The van der Waals surface area contributed by atoms with E-state index >= 15 is 0 Å². The molecule has 2 aliphatic rings. The van der Waals surface area contributed by atoms with Crippen molar-refractivity contribution in [2.45, 2.75) is 19.4 Å². The van der Waals surface area contributed by atoms with Crippen LogP contribution in [0.5, 0.6) is 0 Å². The van der Waals surface area contributed by atoms with Crippen molar-refractivity contribution in [3.63, 3.8) is 0 Å². The molecule has 1 saturated carbocycles. The minimum absolute atomic E-state index is 0.337. The molecule has 1 aliphatic heterocycles. The average molecular weight is 271 g/mol. The molecule has 2 fully saturated rings. The topological polar surface area (TPSA) is 43.8 Å². The lowest BCUT2D eigenvalue weighted by atomic mass is 9.88. The van der Waals surface area contributed by atoms with Gasteiger partial charge in [0.25, 0.3) is 0 Å². The van der Waals surface area contributed by atoms with Gasteiger partial charge in [0.2, 0.25) is 5.91 Å². The molecule has 0 spiro atoms. The van der Waals surface area contributed by atoms with Gasteiger partial charge in [-0.25, -0.2) is 0 Å². The second kappa shape index (κ2) is 5.98. The van der Waals surface area contributed by atoms with Crippen LogP contribution in [0.15, 0.2) is 24.3 Å². The number of carbonyl (C=O) groups is 1. The van der Waals surface area contributed by atoms with Crippen molar-refractivity contribution in [1.29, 1.82) is 0 Å². The van der Waals surface area contributed by atoms with Crippen LogP contribution in [0.1, 0.15) is 18.4 Å². The third-order valence-corrected chi connectivity index (χ3v) is 4.15. The largest absolute Gasteiger partial charge is 0.450 e. The molecule has 0 bridgehead atoms. The molecule has 105 valence electrons. The number of rotatable bonds is 4. The van der Waals surface area contributed by atoms with Crippen molar-refractivity contribution >= 4 is 18.9 Å². The maximum absolute atomic E-state index is 12.0. The Labute approximate surface area is 120 Å². The Morgan fingerprint density at radius 2 is 1.80 bits per heavy atom. The molecule has 1 aromatic carbocycles. The lowest BCUT2D eigenvalue weighted by Gasteiger charge is -2.35. The highest BCUT2D eigenvalue weighted by Crippen LogP contribution is 2.31. The first kappa shape index (κ1) is 13.6. The fourth-order valence-electron chi connectivity index (χ4n) is 2.68. The SMILES string of the molecule is O=C(C1CC1)N1CCN(Cc2ccc([B]O)cc2)CC1. The van der Waals surface area contributed by atoms with Crippen molar-refractivity contribution < 1.29 is 9.82 Å². The summed E-state index contributed by atoms with van der Waals surface area (Å²) >= 11 is 0. The van der Waals surface area contributed by atoms with Crippen LogP contribution in [0.4, 0.5) is 0 Å². The number of benzene rings is 1. The highest BCUT2D eigenvalue weighted by molar-refractivity contribution is 6.45. The second-order valence-electron chi connectivity index (χ2n) is 5.75. The molecule has 1 aromatic rings. The van der Waals surface area contributed by atoms with Crippen molar-refractivity contribution in [3.05, 3.63) is 29.8 Å². The van der Waals surface area contributed by atoms with Gasteiger partial charge in [-0.15, -0.1) is 0 Å². The molecule has 5 heteroatoms. The van der Waals surface area contributed by atoms with Gasteiger partial charge < -0.3 is 9.92 Å². The molecule has 1 radical (unpaired) electrons. The van der Waals surface area contributed by atoms with Gasteiger partial charge in [-0.05, 0) is 18.4 Å². The number of amides is 1. The zero-order valence-corrected chi connectivity index (χ0v) is 11.7. The van der Waals surface area contributed by atoms with Gasteiger partial charge in [0, 0.05) is 38.6 Å². The lowest BCUT2D eigenvalue weighted by molar-refractivity contribution is -0.134. The Morgan fingerprint density at radius 1 is 1.15 bits per heavy atom. The van der Waals surface area contributed by atoms with E-state index in [1.807, 2.05) is 29.2 Å². The Hall–Kier alpha value is -1.33. The van der Waals surface area contributed by atoms with Crippen molar-refractivity contribution in [1.82, 2.24) is 9.80 Å². The Balaban J connectivity index is 1.48. The van der Waals surface area contributed by atoms with E-state index in [4.69, 9.17) is 5.02 Å². The van der Waals surface area contributed by atoms with Gasteiger partial charge in [-0.1, -0.05) is 29.7 Å². The summed E-state index contributed by atoms with van der Waals surface area (Å²) in [7, 11) is 1.12. The number of carbonyl (C=O) groups excluding carboxylic acids is 1. The Bertz CT molecular complexity index is 465. The summed E-state index contributed by atoms with van der Waals surface area (Å²) in [4.78, 5) is 16.4. The molecular weight excluding hydrogens is 251 g/mol. The van der Waals surface area contributed by atoms with Gasteiger partial charge in [0.15, 0.2) is 0 Å². The minimum Gasteiger partial charge on any atom is -0.450 e. The molecule has 1 aliphatic carbocycles. The highest BCUT2D eigenvalue weighted by atomic mass is 16.2. The molecule has 1 saturated heterocycles. The lowest BCUT2D eigenvalue weighted by Crippen LogP contribution is -2.48. The average Bonchev–Trinajstić information content (AvgIpc) is 3.33. The van der Waals surface area contributed by atoms with Crippen molar-refractivity contribution in [2.24, 2.45) is 5.92 Å². The van der Waals surface area contributed by atoms with E-state index in [-0.39, 0.29) is 0 Å². The summed E-state index contributed by atoms with van der Waals surface area (Å²) in [5, 5.41) is 8.91. The van der Waals surface area contributed by atoms with E-state index in [1.54, 1.807) is 0 Å². The summed E-state index contributed by atoms with van der Waals surface area (Å²) in [6, 6.07) is 7.93. The molecule has 0 unspecified atom stereocenters. The molecule has 3 rings (SSSR count). The Kier molecular flexibility index (Phi) is 4.08. The van der Waals surface area contributed by atoms with Crippen molar-refractivity contribution in [3.8, 4) is 0 Å². The monoisotopic (exact) mass is 271 g/mol. The molecule has 1 amide bonds. The van der Waals surface area contributed by atoms with E-state index < -0.39 is 0 Å². The fourth-order valence-corrected chi connectivity index (χ4v) is 2.68. The van der Waals surface area contributed by atoms with E-state index in [2.05, 4.69) is 4.90 Å². The predicted octanol–water partition coefficient (Wildman–Crippen LogP) is -0.0224. The maximum Gasteiger partial charge on any atom is 0.326 e. The number of nitrogens with zero attached hydrogens (tertiary/aromatic N) is 2. The first-order valence-electron chi connectivity index (χ1n) is 7.34. The summed E-state index contributed by atoms with van der Waals surface area (Å²) in [6.07, 6.45) is 2.18. The van der Waals surface area contributed by atoms with Crippen LogP contribution in [-0.2, 0) is 11.3 Å². The summed E-state index contributed by atoms with van der Waals surface area (Å²) in [5.74, 6) is 0.705. The normalized spacial score (nSPS) is 19.9. The first-order chi connectivity index (χ1) is 9.76. The van der Waals surface area contributed by atoms with Crippen LogP contribution < -0.4 is 5.46 Å². The van der Waals surface area contributed by atoms with Gasteiger partial charge in [0.1, 0.15) is 0 Å². The van der Waals surface area contributed by atoms with Gasteiger partial charge >= 0.3 is 7.48 Å². The third-order valence-electron chi connectivity index (χ3n) is 4.15. The maximum atomic E-state index is 12.0. The first-order valence-corrected chi connectivity index (χ1v) is 7.34. The molecule has 0 aromatic heterocycles. The Morgan fingerprint density at radius 3 is 2.35 bits per heavy atom. The van der Waals surface area contributed by atoms with Crippen molar-refractivity contribution in [2.75, 3.05) is 26.2 Å². The van der Waals surface area contributed by atoms with Gasteiger partial charge in [0.05, 0.1) is 0 Å². The molecule has 20 heavy (non-hydrogen) atoms. The van der Waals surface area contributed by atoms with Crippen LogP contribution in [-0.4, -0.2) is 54.4 Å². The smallest absolute Gasteiger partial charge is 0.326 e. The minimum atomic E-state index is 0.337. The zero-order chi connectivity index (χ0) is 13.9. The summed E-state index contributed by atoms with van der Waals surface area (Å²) < 4.78 is 0. The zero-order valence-electron chi connectivity index (χ0n) is 11.7. The third kappa shape index (κ3) is 3.22. The molecule has 1 heterocycles. The highest BCUT2D eigenvalue weighted by Gasteiger charge is 2.34. The molecule has 0 atom stereocenters. The standard InChI is InChI=1S/C15H20BN2O2/c19-15(13-3-4-13)18-9-7-17(8-10-18)11-12-1-5-14(16-20)6-2-12/h1-2,5-6,13,20H,3-4,7-11H2. The van der Waals surface area contributed by atoms with E-state index in [9.17, 15) is 4.79 Å². The van der Waals surface area contributed by atoms with Gasteiger partial charge in [-0.2, -0.15) is 0 Å². The van der Waals surface area contributed by atoms with Crippen LogP contribution >= 0.6 is 0 Å². The van der Waals surface area contributed by atoms with E-state index in [0.717, 1.165) is 58.5 Å². The van der Waals surface area contributed by atoms with Crippen LogP contribution in [0.25, 0.3) is 0 Å². The molecule has 4 nitrogen and oxygen atoms in total. The molecular formula is C15H20BN2O2. The second-order valence-corrected chi connectivity index (χ2v) is 5.75.